The summed E-state index contributed by atoms with van der Waals surface area (Å²) in [5, 5.41) is 5.47. The van der Waals surface area contributed by atoms with Crippen LogP contribution in [0.25, 0.3) is 21.5 Å². The molecule has 1 heterocycles. The van der Waals surface area contributed by atoms with Crippen molar-refractivity contribution in [3.05, 3.63) is 89.5 Å². The lowest BCUT2D eigenvalue weighted by molar-refractivity contribution is 0.251. The number of hydrogen-bond donors (Lipinski definition) is 0. The van der Waals surface area contributed by atoms with Gasteiger partial charge in [0.2, 0.25) is 0 Å². The molecule has 0 unspecified atom stereocenters. The molecule has 2 heteroatoms. The molecule has 0 saturated carbocycles. The first-order chi connectivity index (χ1) is 14.2. The lowest BCUT2D eigenvalue weighted by Crippen LogP contribution is -2.46. The van der Waals surface area contributed by atoms with Crippen molar-refractivity contribution in [3.8, 4) is 0 Å². The van der Waals surface area contributed by atoms with E-state index in [2.05, 4.69) is 96.4 Å². The second-order valence-electron chi connectivity index (χ2n) is 8.28. The standard InChI is InChI=1S/C27H28N2/c1-20-8-7-13-27(21(20)2)29-16-14-28(15-17-29)19-26-24-11-5-3-9-22(24)18-23-10-4-6-12-25(23)26/h3-13,18H,14-17,19H2,1-2H3. The van der Waals surface area contributed by atoms with Gasteiger partial charge in [0.05, 0.1) is 0 Å². The first kappa shape index (κ1) is 18.2. The number of hydrogen-bond acceptors (Lipinski definition) is 2. The summed E-state index contributed by atoms with van der Waals surface area (Å²) in [5.41, 5.74) is 5.67. The molecule has 0 aromatic heterocycles. The van der Waals surface area contributed by atoms with Gasteiger partial charge in [-0.05, 0) is 64.2 Å². The van der Waals surface area contributed by atoms with Gasteiger partial charge in [0, 0.05) is 38.4 Å². The molecule has 0 aliphatic carbocycles. The minimum absolute atomic E-state index is 1.02. The van der Waals surface area contributed by atoms with E-state index in [0.29, 0.717) is 0 Å². The summed E-state index contributed by atoms with van der Waals surface area (Å²) in [6, 6.07) is 26.7. The van der Waals surface area contributed by atoms with E-state index in [-0.39, 0.29) is 0 Å². The zero-order chi connectivity index (χ0) is 19.8. The fourth-order valence-electron chi connectivity index (χ4n) is 4.73. The smallest absolute Gasteiger partial charge is 0.0399 e. The van der Waals surface area contributed by atoms with E-state index in [9.17, 15) is 0 Å². The topological polar surface area (TPSA) is 6.48 Å². The van der Waals surface area contributed by atoms with Crippen molar-refractivity contribution in [2.75, 3.05) is 31.1 Å². The van der Waals surface area contributed by atoms with Gasteiger partial charge in [0.25, 0.3) is 0 Å². The van der Waals surface area contributed by atoms with Gasteiger partial charge in [-0.15, -0.1) is 0 Å². The first-order valence-corrected chi connectivity index (χ1v) is 10.6. The van der Waals surface area contributed by atoms with E-state index >= 15 is 0 Å². The molecule has 5 rings (SSSR count). The summed E-state index contributed by atoms with van der Waals surface area (Å²) >= 11 is 0. The quantitative estimate of drug-likeness (QED) is 0.406. The van der Waals surface area contributed by atoms with Gasteiger partial charge in [-0.1, -0.05) is 60.7 Å². The maximum absolute atomic E-state index is 2.62. The molecule has 0 radical (unpaired) electrons. The summed E-state index contributed by atoms with van der Waals surface area (Å²) in [4.78, 5) is 5.18. The van der Waals surface area contributed by atoms with Crippen LogP contribution in [0.3, 0.4) is 0 Å². The SMILES string of the molecule is Cc1cccc(N2CCN(Cc3c4ccccc4cc4ccccc34)CC2)c1C. The lowest BCUT2D eigenvalue weighted by Gasteiger charge is -2.37. The third-order valence-electron chi connectivity index (χ3n) is 6.55. The molecule has 146 valence electrons. The van der Waals surface area contributed by atoms with E-state index in [1.165, 1.54) is 43.9 Å². The molecule has 1 aliphatic heterocycles. The van der Waals surface area contributed by atoms with Gasteiger partial charge in [0.1, 0.15) is 0 Å². The lowest BCUT2D eigenvalue weighted by atomic mass is 9.96. The minimum atomic E-state index is 1.02. The molecule has 4 aromatic rings. The average molecular weight is 381 g/mol. The maximum Gasteiger partial charge on any atom is 0.0399 e. The number of aryl methyl sites for hydroxylation is 1. The van der Waals surface area contributed by atoms with Crippen molar-refractivity contribution in [3.63, 3.8) is 0 Å². The van der Waals surface area contributed by atoms with Gasteiger partial charge in [-0.3, -0.25) is 4.90 Å². The number of piperazine rings is 1. The predicted molar refractivity (Wildman–Crippen MR) is 125 cm³/mol. The van der Waals surface area contributed by atoms with Crippen molar-refractivity contribution in [1.29, 1.82) is 0 Å². The Morgan fingerprint density at radius 3 is 1.97 bits per heavy atom. The zero-order valence-electron chi connectivity index (χ0n) is 17.4. The number of nitrogens with zero attached hydrogens (tertiary/aromatic N) is 2. The molecule has 0 spiro atoms. The summed E-state index contributed by atoms with van der Waals surface area (Å²) < 4.78 is 0. The largest absolute Gasteiger partial charge is 0.369 e. The fraction of sp³-hybridized carbons (Fsp3) is 0.259. The van der Waals surface area contributed by atoms with E-state index in [4.69, 9.17) is 0 Å². The third-order valence-corrected chi connectivity index (χ3v) is 6.55. The zero-order valence-corrected chi connectivity index (χ0v) is 17.4. The summed E-state index contributed by atoms with van der Waals surface area (Å²) in [7, 11) is 0. The summed E-state index contributed by atoms with van der Waals surface area (Å²) in [5.74, 6) is 0. The molecule has 1 fully saturated rings. The predicted octanol–water partition coefficient (Wildman–Crippen LogP) is 5.93. The van der Waals surface area contributed by atoms with Crippen LogP contribution in [0.15, 0.2) is 72.8 Å². The highest BCUT2D eigenvalue weighted by atomic mass is 15.3. The van der Waals surface area contributed by atoms with Gasteiger partial charge >= 0.3 is 0 Å². The van der Waals surface area contributed by atoms with Crippen LogP contribution >= 0.6 is 0 Å². The molecule has 29 heavy (non-hydrogen) atoms. The summed E-state index contributed by atoms with van der Waals surface area (Å²) in [6.45, 7) is 9.86. The second kappa shape index (κ2) is 7.53. The van der Waals surface area contributed by atoms with Crippen molar-refractivity contribution in [2.45, 2.75) is 20.4 Å². The fourth-order valence-corrected chi connectivity index (χ4v) is 4.73. The molecule has 1 saturated heterocycles. The molecular formula is C27H28N2. The number of fused-ring (bicyclic) bond motifs is 2. The highest BCUT2D eigenvalue weighted by Crippen LogP contribution is 2.30. The van der Waals surface area contributed by atoms with Gasteiger partial charge < -0.3 is 4.90 Å². The van der Waals surface area contributed by atoms with Crippen LogP contribution in [-0.2, 0) is 6.54 Å². The van der Waals surface area contributed by atoms with Crippen LogP contribution in [-0.4, -0.2) is 31.1 Å². The Kier molecular flexibility index (Phi) is 4.73. The van der Waals surface area contributed by atoms with Crippen LogP contribution in [0.5, 0.6) is 0 Å². The Balaban J connectivity index is 1.41. The van der Waals surface area contributed by atoms with Crippen molar-refractivity contribution in [2.24, 2.45) is 0 Å². The number of benzene rings is 4. The van der Waals surface area contributed by atoms with E-state index in [1.54, 1.807) is 0 Å². The molecule has 0 N–H and O–H groups in total. The number of rotatable bonds is 3. The maximum atomic E-state index is 2.62. The van der Waals surface area contributed by atoms with Gasteiger partial charge in [-0.25, -0.2) is 0 Å². The molecular weight excluding hydrogens is 352 g/mol. The van der Waals surface area contributed by atoms with Crippen LogP contribution < -0.4 is 4.90 Å². The van der Waals surface area contributed by atoms with Crippen LogP contribution in [0.1, 0.15) is 16.7 Å². The summed E-state index contributed by atoms with van der Waals surface area (Å²) in [6.07, 6.45) is 0. The van der Waals surface area contributed by atoms with Crippen LogP contribution in [0.2, 0.25) is 0 Å². The van der Waals surface area contributed by atoms with Crippen molar-refractivity contribution < 1.29 is 0 Å². The molecule has 4 aromatic carbocycles. The van der Waals surface area contributed by atoms with Gasteiger partial charge in [0.15, 0.2) is 0 Å². The Labute approximate surface area is 173 Å². The average Bonchev–Trinajstić information content (AvgIpc) is 2.76. The van der Waals surface area contributed by atoms with Crippen LogP contribution in [0.4, 0.5) is 5.69 Å². The first-order valence-electron chi connectivity index (χ1n) is 10.6. The van der Waals surface area contributed by atoms with Crippen LogP contribution in [0, 0.1) is 13.8 Å². The normalized spacial score (nSPS) is 15.3. The molecule has 0 amide bonds. The molecule has 0 bridgehead atoms. The minimum Gasteiger partial charge on any atom is -0.369 e. The van der Waals surface area contributed by atoms with Gasteiger partial charge in [-0.2, -0.15) is 0 Å². The highest BCUT2D eigenvalue weighted by Gasteiger charge is 2.20. The third kappa shape index (κ3) is 3.38. The van der Waals surface area contributed by atoms with E-state index < -0.39 is 0 Å². The highest BCUT2D eigenvalue weighted by molar-refractivity contribution is 6.02. The number of anilines is 1. The Bertz CT molecular complexity index is 1120. The Hall–Kier alpha value is -2.84. The Morgan fingerprint density at radius 2 is 1.31 bits per heavy atom. The molecule has 1 aliphatic rings. The van der Waals surface area contributed by atoms with E-state index in [1.807, 2.05) is 0 Å². The molecule has 0 atom stereocenters. The Morgan fingerprint density at radius 1 is 0.690 bits per heavy atom. The second-order valence-corrected chi connectivity index (χ2v) is 8.28. The van der Waals surface area contributed by atoms with Crippen molar-refractivity contribution in [1.82, 2.24) is 4.90 Å². The van der Waals surface area contributed by atoms with Crippen molar-refractivity contribution >= 4 is 27.2 Å². The monoisotopic (exact) mass is 380 g/mol. The van der Waals surface area contributed by atoms with E-state index in [0.717, 1.165) is 32.7 Å². The molecule has 2 nitrogen and oxygen atoms in total.